The van der Waals surface area contributed by atoms with Gasteiger partial charge in [0.05, 0.1) is 31.9 Å². The first-order chi connectivity index (χ1) is 24.0. The Labute approximate surface area is 290 Å². The highest BCUT2D eigenvalue weighted by atomic mass is 16.7. The maximum atomic E-state index is 12.9. The molecule has 3 aromatic rings. The lowest BCUT2D eigenvalue weighted by molar-refractivity contribution is -0.146. The summed E-state index contributed by atoms with van der Waals surface area (Å²) in [7, 11) is 3.20. The summed E-state index contributed by atoms with van der Waals surface area (Å²) in [5, 5.41) is 2.99. The van der Waals surface area contributed by atoms with E-state index < -0.39 is 6.29 Å². The number of methoxy groups -OCH3 is 2. The van der Waals surface area contributed by atoms with Gasteiger partial charge in [0.2, 0.25) is 5.91 Å². The highest BCUT2D eigenvalue weighted by molar-refractivity contribution is 5.91. The Morgan fingerprint density at radius 1 is 0.878 bits per heavy atom. The fourth-order valence-corrected chi connectivity index (χ4v) is 7.39. The van der Waals surface area contributed by atoms with Crippen LogP contribution in [0, 0.1) is 17.8 Å². The molecule has 0 bridgehead atoms. The first-order valence-corrected chi connectivity index (χ1v) is 17.8. The van der Waals surface area contributed by atoms with Crippen molar-refractivity contribution in [1.29, 1.82) is 0 Å². The number of likely N-dealkylation sites (tertiary alicyclic amines) is 1. The van der Waals surface area contributed by atoms with Crippen molar-refractivity contribution in [3.05, 3.63) is 90.0 Å². The number of amides is 2. The second kappa shape index (κ2) is 17.3. The van der Waals surface area contributed by atoms with Crippen LogP contribution in [0.3, 0.4) is 0 Å². The van der Waals surface area contributed by atoms with Gasteiger partial charge in [0.1, 0.15) is 6.10 Å². The highest BCUT2D eigenvalue weighted by Crippen LogP contribution is 2.40. The van der Waals surface area contributed by atoms with E-state index in [2.05, 4.69) is 34.5 Å². The molecule has 1 heterocycles. The van der Waals surface area contributed by atoms with Gasteiger partial charge in [-0.2, -0.15) is 0 Å². The van der Waals surface area contributed by atoms with Crippen LogP contribution < -0.4 is 5.32 Å². The van der Waals surface area contributed by atoms with Crippen molar-refractivity contribution in [2.75, 3.05) is 58.9 Å². The Kier molecular flexibility index (Phi) is 12.4. The van der Waals surface area contributed by atoms with Crippen LogP contribution in [0.4, 0.5) is 10.5 Å². The first-order valence-electron chi connectivity index (χ1n) is 17.8. The van der Waals surface area contributed by atoms with E-state index in [1.54, 1.807) is 14.2 Å². The Balaban J connectivity index is 0.893. The standard InChI is InChI=1S/C40H51N3O6/c1-46-39(47-2)28-43(25-30-15-16-30)38(44)18-20-48-19-17-29-9-8-10-31(21-29)24-42-26-33-22-35(23-34(33)27-42)49-40(45)41-37-14-7-6-13-36(37)32-11-4-3-5-12-32/h3-14,21,30,33-35,39H,15-20,22-28H2,1-2H3,(H,41,45)/t33-,34+,35?. The Morgan fingerprint density at radius 3 is 2.33 bits per heavy atom. The maximum absolute atomic E-state index is 12.9. The molecule has 9 heteroatoms. The zero-order chi connectivity index (χ0) is 34.0. The van der Waals surface area contributed by atoms with Crippen LogP contribution in [0.2, 0.25) is 0 Å². The molecule has 49 heavy (non-hydrogen) atoms. The normalized spacial score (nSPS) is 20.3. The quantitative estimate of drug-likeness (QED) is 0.128. The van der Waals surface area contributed by atoms with Crippen LogP contribution in [-0.4, -0.2) is 87.8 Å². The summed E-state index contributed by atoms with van der Waals surface area (Å²) in [5.41, 5.74) is 5.35. The van der Waals surface area contributed by atoms with Gasteiger partial charge in [-0.05, 0) is 72.6 Å². The summed E-state index contributed by atoms with van der Waals surface area (Å²) in [5.74, 6) is 1.78. The molecular weight excluding hydrogens is 618 g/mol. The number of ether oxygens (including phenoxy) is 4. The van der Waals surface area contributed by atoms with Gasteiger partial charge in [-0.3, -0.25) is 15.0 Å². The number of hydrogen-bond acceptors (Lipinski definition) is 7. The molecule has 3 fully saturated rings. The van der Waals surface area contributed by atoms with Gasteiger partial charge in [0, 0.05) is 46.0 Å². The third kappa shape index (κ3) is 10.1. The minimum Gasteiger partial charge on any atom is -0.446 e. The molecule has 0 spiro atoms. The van der Waals surface area contributed by atoms with Gasteiger partial charge in [-0.1, -0.05) is 72.8 Å². The maximum Gasteiger partial charge on any atom is 0.411 e. The lowest BCUT2D eigenvalue weighted by Crippen LogP contribution is -2.40. The average molecular weight is 670 g/mol. The minimum atomic E-state index is -0.407. The third-order valence-electron chi connectivity index (χ3n) is 10.1. The number of carbonyl (C=O) groups is 2. The van der Waals surface area contributed by atoms with E-state index in [1.807, 2.05) is 59.5 Å². The molecule has 2 aliphatic carbocycles. The Morgan fingerprint density at radius 2 is 1.59 bits per heavy atom. The number of fused-ring (bicyclic) bond motifs is 1. The monoisotopic (exact) mass is 669 g/mol. The number of anilines is 1. The number of carbonyl (C=O) groups excluding carboxylic acids is 2. The average Bonchev–Trinajstić information content (AvgIpc) is 3.75. The topological polar surface area (TPSA) is 89.6 Å². The summed E-state index contributed by atoms with van der Waals surface area (Å²) in [6.45, 7) is 5.18. The van der Waals surface area contributed by atoms with E-state index in [-0.39, 0.29) is 18.1 Å². The fraction of sp³-hybridized carbons (Fsp3) is 0.500. The molecule has 1 aliphatic heterocycles. The predicted octanol–water partition coefficient (Wildman–Crippen LogP) is 6.62. The van der Waals surface area contributed by atoms with Crippen molar-refractivity contribution in [2.24, 2.45) is 17.8 Å². The minimum absolute atomic E-state index is 0.0476. The molecule has 1 saturated heterocycles. The summed E-state index contributed by atoms with van der Waals surface area (Å²) in [4.78, 5) is 30.2. The van der Waals surface area contributed by atoms with Crippen molar-refractivity contribution >= 4 is 17.7 Å². The lowest BCUT2D eigenvalue weighted by Gasteiger charge is -2.26. The number of benzene rings is 3. The largest absolute Gasteiger partial charge is 0.446 e. The van der Waals surface area contributed by atoms with E-state index in [4.69, 9.17) is 18.9 Å². The molecule has 3 atom stereocenters. The van der Waals surface area contributed by atoms with E-state index >= 15 is 0 Å². The molecule has 1 unspecified atom stereocenters. The molecule has 0 radical (unpaired) electrons. The van der Waals surface area contributed by atoms with Crippen molar-refractivity contribution < 1.29 is 28.5 Å². The van der Waals surface area contributed by atoms with Gasteiger partial charge >= 0.3 is 6.09 Å². The van der Waals surface area contributed by atoms with Crippen molar-refractivity contribution in [2.45, 2.75) is 57.5 Å². The molecule has 9 nitrogen and oxygen atoms in total. The lowest BCUT2D eigenvalue weighted by atomic mass is 10.0. The fourth-order valence-electron chi connectivity index (χ4n) is 7.39. The first kappa shape index (κ1) is 35.1. The number of hydrogen-bond donors (Lipinski definition) is 1. The Bertz CT molecular complexity index is 1500. The molecule has 1 N–H and O–H groups in total. The van der Waals surface area contributed by atoms with Gasteiger partial charge in [0.15, 0.2) is 6.29 Å². The van der Waals surface area contributed by atoms with E-state index in [9.17, 15) is 9.59 Å². The summed E-state index contributed by atoms with van der Waals surface area (Å²) in [6.07, 6.45) is 4.53. The van der Waals surface area contributed by atoms with E-state index in [0.29, 0.717) is 43.9 Å². The molecule has 3 aliphatic rings. The van der Waals surface area contributed by atoms with Crippen molar-refractivity contribution in [1.82, 2.24) is 9.80 Å². The molecule has 262 valence electrons. The van der Waals surface area contributed by atoms with Crippen molar-refractivity contribution in [3.63, 3.8) is 0 Å². The number of nitrogens with zero attached hydrogens (tertiary/aromatic N) is 2. The van der Waals surface area contributed by atoms with Crippen molar-refractivity contribution in [3.8, 4) is 11.1 Å². The van der Waals surface area contributed by atoms with Crippen LogP contribution in [-0.2, 0) is 36.7 Å². The Hall–Kier alpha value is -3.76. The SMILES string of the molecule is COC(CN(CC1CC1)C(=O)CCOCCc1cccc(CN2C[C@H]3CC(OC(=O)Nc4ccccc4-c4ccccc4)C[C@H]3C2)c1)OC. The second-order valence-corrected chi connectivity index (χ2v) is 13.8. The van der Waals surface area contributed by atoms with Crippen LogP contribution in [0.5, 0.6) is 0 Å². The summed E-state index contributed by atoms with van der Waals surface area (Å²) in [6, 6.07) is 26.7. The third-order valence-corrected chi connectivity index (χ3v) is 10.1. The predicted molar refractivity (Wildman–Crippen MR) is 190 cm³/mol. The van der Waals surface area contributed by atoms with Gasteiger partial charge < -0.3 is 23.8 Å². The smallest absolute Gasteiger partial charge is 0.411 e. The van der Waals surface area contributed by atoms with Crippen LogP contribution in [0.25, 0.3) is 11.1 Å². The highest BCUT2D eigenvalue weighted by Gasteiger charge is 2.42. The van der Waals surface area contributed by atoms with E-state index in [1.165, 1.54) is 24.0 Å². The molecule has 0 aromatic heterocycles. The van der Waals surface area contributed by atoms with Gasteiger partial charge in [0.25, 0.3) is 0 Å². The zero-order valence-corrected chi connectivity index (χ0v) is 28.9. The number of para-hydroxylation sites is 1. The van der Waals surface area contributed by atoms with Crippen LogP contribution in [0.15, 0.2) is 78.9 Å². The molecule has 2 amide bonds. The van der Waals surface area contributed by atoms with Gasteiger partial charge in [-0.15, -0.1) is 0 Å². The number of nitrogens with one attached hydrogen (secondary N) is 1. The summed E-state index contributed by atoms with van der Waals surface area (Å²) >= 11 is 0. The van der Waals surface area contributed by atoms with Crippen LogP contribution in [0.1, 0.15) is 43.2 Å². The molecular formula is C40H51N3O6. The van der Waals surface area contributed by atoms with Gasteiger partial charge in [-0.25, -0.2) is 4.79 Å². The molecule has 6 rings (SSSR count). The molecule has 3 aromatic carbocycles. The summed E-state index contributed by atoms with van der Waals surface area (Å²) < 4.78 is 22.5. The van der Waals surface area contributed by atoms with Crippen LogP contribution >= 0.6 is 0 Å². The van der Waals surface area contributed by atoms with E-state index in [0.717, 1.165) is 62.3 Å². The number of rotatable bonds is 17. The second-order valence-electron chi connectivity index (χ2n) is 13.8. The zero-order valence-electron chi connectivity index (χ0n) is 28.9. The molecule has 2 saturated carbocycles.